The quantitative estimate of drug-likeness (QED) is 0.776. The predicted octanol–water partition coefficient (Wildman–Crippen LogP) is 1.46. The van der Waals surface area contributed by atoms with Crippen LogP contribution in [-0.2, 0) is 16.1 Å². The van der Waals surface area contributed by atoms with E-state index < -0.39 is 0 Å². The van der Waals surface area contributed by atoms with E-state index in [1.54, 1.807) is 22.1 Å². The second-order valence-electron chi connectivity index (χ2n) is 5.25. The lowest BCUT2D eigenvalue weighted by Crippen LogP contribution is -2.60. The summed E-state index contributed by atoms with van der Waals surface area (Å²) in [5.74, 6) is 0.0681. The summed E-state index contributed by atoms with van der Waals surface area (Å²) in [6.45, 7) is 1.19. The highest BCUT2D eigenvalue weighted by Gasteiger charge is 2.40. The molecule has 1 unspecified atom stereocenters. The average molecular weight is 294 g/mol. The third-order valence-corrected chi connectivity index (χ3v) is 4.28. The number of pyridine rings is 1. The zero-order valence-electron chi connectivity index (χ0n) is 11.1. The Morgan fingerprint density at radius 1 is 1.35 bits per heavy atom. The number of nitrogens with zero attached hydrogens (tertiary/aromatic N) is 3. The predicted molar refractivity (Wildman–Crippen MR) is 74.0 cm³/mol. The second-order valence-corrected chi connectivity index (χ2v) is 5.60. The molecule has 2 amide bonds. The van der Waals surface area contributed by atoms with Crippen LogP contribution in [0.3, 0.4) is 0 Å². The van der Waals surface area contributed by atoms with E-state index in [-0.39, 0.29) is 24.4 Å². The van der Waals surface area contributed by atoms with Gasteiger partial charge in [0.1, 0.15) is 17.7 Å². The maximum atomic E-state index is 12.5. The van der Waals surface area contributed by atoms with E-state index in [1.807, 2.05) is 6.07 Å². The van der Waals surface area contributed by atoms with Gasteiger partial charge in [0.2, 0.25) is 11.8 Å². The van der Waals surface area contributed by atoms with Crippen molar-refractivity contribution in [3.63, 3.8) is 0 Å². The van der Waals surface area contributed by atoms with E-state index in [0.29, 0.717) is 18.2 Å². The Labute approximate surface area is 122 Å². The highest BCUT2D eigenvalue weighted by atomic mass is 35.5. The summed E-state index contributed by atoms with van der Waals surface area (Å²) in [6.07, 6.45) is 4.37. The Morgan fingerprint density at radius 2 is 2.20 bits per heavy atom. The van der Waals surface area contributed by atoms with Gasteiger partial charge in [0.15, 0.2) is 0 Å². The minimum absolute atomic E-state index is 0.0317. The van der Waals surface area contributed by atoms with E-state index in [0.717, 1.165) is 24.8 Å². The summed E-state index contributed by atoms with van der Waals surface area (Å²) < 4.78 is 0. The molecule has 2 aliphatic heterocycles. The van der Waals surface area contributed by atoms with Gasteiger partial charge in [-0.2, -0.15) is 0 Å². The number of aromatic nitrogens is 1. The fraction of sp³-hybridized carbons (Fsp3) is 0.500. The van der Waals surface area contributed by atoms with Gasteiger partial charge in [-0.05, 0) is 25.3 Å². The number of piperazine rings is 1. The van der Waals surface area contributed by atoms with Crippen molar-refractivity contribution >= 4 is 23.4 Å². The number of hydrogen-bond donors (Lipinski definition) is 0. The molecule has 0 N–H and O–H groups in total. The van der Waals surface area contributed by atoms with Gasteiger partial charge in [-0.1, -0.05) is 17.7 Å². The fourth-order valence-electron chi connectivity index (χ4n) is 2.91. The SMILES string of the molecule is O=C1C2CCCCN2C(=O)CN1Cc1cccnc1Cl. The number of fused-ring (bicyclic) bond motifs is 1. The van der Waals surface area contributed by atoms with Crippen LogP contribution in [0.2, 0.25) is 5.15 Å². The van der Waals surface area contributed by atoms with Gasteiger partial charge in [0.25, 0.3) is 0 Å². The average Bonchev–Trinajstić information content (AvgIpc) is 2.47. The van der Waals surface area contributed by atoms with Crippen molar-refractivity contribution in [2.75, 3.05) is 13.1 Å². The smallest absolute Gasteiger partial charge is 0.246 e. The number of carbonyl (C=O) groups is 2. The van der Waals surface area contributed by atoms with E-state index in [2.05, 4.69) is 4.98 Å². The summed E-state index contributed by atoms with van der Waals surface area (Å²) in [5, 5.41) is 0.388. The van der Waals surface area contributed by atoms with Crippen LogP contribution in [0.1, 0.15) is 24.8 Å². The molecule has 1 aromatic heterocycles. The molecule has 106 valence electrons. The summed E-state index contributed by atoms with van der Waals surface area (Å²) in [6, 6.07) is 3.34. The van der Waals surface area contributed by atoms with Crippen molar-refractivity contribution in [1.29, 1.82) is 0 Å². The van der Waals surface area contributed by atoms with Gasteiger partial charge in [0.05, 0.1) is 0 Å². The molecule has 1 atom stereocenters. The van der Waals surface area contributed by atoms with Crippen molar-refractivity contribution in [1.82, 2.24) is 14.8 Å². The summed E-state index contributed by atoms with van der Waals surface area (Å²) in [7, 11) is 0. The molecule has 6 heteroatoms. The lowest BCUT2D eigenvalue weighted by atomic mass is 9.98. The monoisotopic (exact) mass is 293 g/mol. The number of rotatable bonds is 2. The van der Waals surface area contributed by atoms with Crippen molar-refractivity contribution in [2.45, 2.75) is 31.8 Å². The van der Waals surface area contributed by atoms with Crippen LogP contribution in [-0.4, -0.2) is 45.7 Å². The van der Waals surface area contributed by atoms with Crippen LogP contribution in [0.4, 0.5) is 0 Å². The normalized spacial score (nSPS) is 22.9. The van der Waals surface area contributed by atoms with E-state index in [1.165, 1.54) is 0 Å². The third kappa shape index (κ3) is 2.38. The largest absolute Gasteiger partial charge is 0.329 e. The number of amides is 2. The van der Waals surface area contributed by atoms with Crippen molar-refractivity contribution in [3.05, 3.63) is 29.0 Å². The van der Waals surface area contributed by atoms with Gasteiger partial charge in [-0.15, -0.1) is 0 Å². The maximum Gasteiger partial charge on any atom is 0.246 e. The third-order valence-electron chi connectivity index (χ3n) is 3.94. The van der Waals surface area contributed by atoms with Gasteiger partial charge < -0.3 is 9.80 Å². The zero-order valence-corrected chi connectivity index (χ0v) is 11.8. The molecule has 0 radical (unpaired) electrons. The maximum absolute atomic E-state index is 12.5. The Bertz CT molecular complexity index is 549. The summed E-state index contributed by atoms with van der Waals surface area (Å²) >= 11 is 6.02. The molecule has 3 heterocycles. The second kappa shape index (κ2) is 5.40. The Balaban J connectivity index is 1.79. The van der Waals surface area contributed by atoms with Crippen molar-refractivity contribution < 1.29 is 9.59 Å². The first-order valence-corrected chi connectivity index (χ1v) is 7.22. The van der Waals surface area contributed by atoms with E-state index in [4.69, 9.17) is 11.6 Å². The van der Waals surface area contributed by atoms with Crippen LogP contribution in [0.15, 0.2) is 18.3 Å². The van der Waals surface area contributed by atoms with Crippen LogP contribution >= 0.6 is 11.6 Å². The molecule has 3 rings (SSSR count). The van der Waals surface area contributed by atoms with Crippen molar-refractivity contribution in [3.8, 4) is 0 Å². The van der Waals surface area contributed by atoms with Crippen LogP contribution < -0.4 is 0 Å². The molecule has 2 fully saturated rings. The molecule has 2 saturated heterocycles. The lowest BCUT2D eigenvalue weighted by molar-refractivity contribution is -0.158. The topological polar surface area (TPSA) is 53.5 Å². The number of halogens is 1. The molecule has 1 aromatic rings. The van der Waals surface area contributed by atoms with E-state index >= 15 is 0 Å². The van der Waals surface area contributed by atoms with Gasteiger partial charge in [-0.3, -0.25) is 9.59 Å². The first-order chi connectivity index (χ1) is 9.66. The fourth-order valence-corrected chi connectivity index (χ4v) is 3.09. The van der Waals surface area contributed by atoms with Crippen LogP contribution in [0.5, 0.6) is 0 Å². The number of piperidine rings is 1. The Kier molecular flexibility index (Phi) is 3.61. The summed E-state index contributed by atoms with van der Waals surface area (Å²) in [5.41, 5.74) is 0.777. The molecule has 0 bridgehead atoms. The number of hydrogen-bond acceptors (Lipinski definition) is 3. The molecule has 0 spiro atoms. The minimum atomic E-state index is -0.277. The summed E-state index contributed by atoms with van der Waals surface area (Å²) in [4.78, 5) is 32.0. The van der Waals surface area contributed by atoms with Gasteiger partial charge in [0, 0.05) is 24.8 Å². The lowest BCUT2D eigenvalue weighted by Gasteiger charge is -2.42. The molecule has 0 saturated carbocycles. The molecule has 5 nitrogen and oxygen atoms in total. The molecular formula is C14H16ClN3O2. The van der Waals surface area contributed by atoms with Crippen LogP contribution in [0, 0.1) is 0 Å². The molecule has 0 aromatic carbocycles. The highest BCUT2D eigenvalue weighted by molar-refractivity contribution is 6.30. The zero-order chi connectivity index (χ0) is 14.1. The number of carbonyl (C=O) groups excluding carboxylic acids is 2. The van der Waals surface area contributed by atoms with Crippen molar-refractivity contribution in [2.24, 2.45) is 0 Å². The standard InChI is InChI=1S/C14H16ClN3O2/c15-13-10(4-3-6-16-13)8-17-9-12(19)18-7-2-1-5-11(18)14(17)20/h3-4,6,11H,1-2,5,7-9H2. The van der Waals surface area contributed by atoms with Gasteiger partial charge >= 0.3 is 0 Å². The Morgan fingerprint density at radius 3 is 3.00 bits per heavy atom. The van der Waals surface area contributed by atoms with E-state index in [9.17, 15) is 9.59 Å². The molecule has 20 heavy (non-hydrogen) atoms. The minimum Gasteiger partial charge on any atom is -0.329 e. The Hall–Kier alpha value is -1.62. The molecule has 0 aliphatic carbocycles. The first-order valence-electron chi connectivity index (χ1n) is 6.84. The molecular weight excluding hydrogens is 278 g/mol. The first kappa shape index (κ1) is 13.4. The van der Waals surface area contributed by atoms with Gasteiger partial charge in [-0.25, -0.2) is 4.98 Å². The molecule has 2 aliphatic rings. The highest BCUT2D eigenvalue weighted by Crippen LogP contribution is 2.25. The van der Waals surface area contributed by atoms with Crippen LogP contribution in [0.25, 0.3) is 0 Å².